The molecule has 2 fully saturated rings. The maximum atomic E-state index is 14.0. The molecule has 1 N–H and O–H groups in total. The van der Waals surface area contributed by atoms with Crippen LogP contribution in [0.3, 0.4) is 0 Å². The Kier molecular flexibility index (Phi) is 6.83. The van der Waals surface area contributed by atoms with Crippen LogP contribution in [-0.2, 0) is 14.8 Å². The number of sulfonamides is 1. The van der Waals surface area contributed by atoms with Crippen LogP contribution < -0.4 is 5.32 Å². The van der Waals surface area contributed by atoms with Crippen molar-refractivity contribution in [2.24, 2.45) is 11.8 Å². The monoisotopic (exact) mass is 482 g/mol. The Balaban J connectivity index is 1.41. The van der Waals surface area contributed by atoms with Crippen LogP contribution in [0.15, 0.2) is 47.4 Å². The van der Waals surface area contributed by atoms with E-state index in [1.165, 1.54) is 0 Å². The molecule has 1 aliphatic heterocycles. The van der Waals surface area contributed by atoms with Gasteiger partial charge in [-0.25, -0.2) is 17.2 Å². The van der Waals surface area contributed by atoms with Crippen molar-refractivity contribution in [3.8, 4) is 0 Å². The van der Waals surface area contributed by atoms with Crippen LogP contribution in [0.1, 0.15) is 43.7 Å². The average Bonchev–Trinajstić information content (AvgIpc) is 2.74. The summed E-state index contributed by atoms with van der Waals surface area (Å²) in [7, 11) is -4.17. The van der Waals surface area contributed by atoms with E-state index in [0.717, 1.165) is 41.3 Å². The number of nitrogens with zero attached hydrogens (tertiary/aromatic N) is 1. The molecule has 1 unspecified atom stereocenters. The molecule has 9 heteroatoms. The lowest BCUT2D eigenvalue weighted by Gasteiger charge is -2.36. The summed E-state index contributed by atoms with van der Waals surface area (Å²) in [6, 6.07) is 9.75. The van der Waals surface area contributed by atoms with Crippen molar-refractivity contribution in [1.29, 1.82) is 0 Å². The summed E-state index contributed by atoms with van der Waals surface area (Å²) in [5, 5.41) is 3.80. The number of nitrogens with one attached hydrogen (secondary N) is 1. The first-order chi connectivity index (χ1) is 15.3. The molecule has 0 bridgehead atoms. The van der Waals surface area contributed by atoms with Gasteiger partial charge in [0.1, 0.15) is 16.5 Å². The van der Waals surface area contributed by atoms with Crippen molar-refractivity contribution in [2.45, 2.75) is 43.0 Å². The fourth-order valence-corrected chi connectivity index (χ4v) is 6.03. The zero-order valence-electron chi connectivity index (χ0n) is 17.4. The summed E-state index contributed by atoms with van der Waals surface area (Å²) in [4.78, 5) is 12.3. The molecule has 0 spiro atoms. The average molecular weight is 483 g/mol. The van der Waals surface area contributed by atoms with Gasteiger partial charge in [0.25, 0.3) is 0 Å². The molecule has 0 radical (unpaired) electrons. The molecule has 1 aliphatic carbocycles. The zero-order chi connectivity index (χ0) is 22.9. The van der Waals surface area contributed by atoms with Gasteiger partial charge in [0.15, 0.2) is 0 Å². The van der Waals surface area contributed by atoms with Gasteiger partial charge in [0.2, 0.25) is 15.9 Å². The normalized spacial score (nSPS) is 19.3. The molecule has 1 amide bonds. The van der Waals surface area contributed by atoms with Crippen LogP contribution in [-0.4, -0.2) is 31.7 Å². The highest BCUT2D eigenvalue weighted by Crippen LogP contribution is 2.38. The van der Waals surface area contributed by atoms with Gasteiger partial charge >= 0.3 is 0 Å². The number of piperidine rings is 1. The van der Waals surface area contributed by atoms with Crippen molar-refractivity contribution in [3.63, 3.8) is 0 Å². The summed E-state index contributed by atoms with van der Waals surface area (Å²) in [6.07, 6.45) is 3.87. The SMILES string of the molecule is O=C(NC(c1ccc(Cl)cc1)C1CCC1)C1CCN(S(=O)(=O)c2cc(F)ccc2F)CC1. The van der Waals surface area contributed by atoms with E-state index in [0.29, 0.717) is 29.8 Å². The number of amides is 1. The van der Waals surface area contributed by atoms with Gasteiger partial charge in [-0.2, -0.15) is 4.31 Å². The van der Waals surface area contributed by atoms with Crippen molar-refractivity contribution in [2.75, 3.05) is 13.1 Å². The number of carbonyl (C=O) groups is 1. The largest absolute Gasteiger partial charge is 0.349 e. The maximum Gasteiger partial charge on any atom is 0.246 e. The molecule has 32 heavy (non-hydrogen) atoms. The lowest BCUT2D eigenvalue weighted by Crippen LogP contribution is -2.45. The number of carbonyl (C=O) groups excluding carboxylic acids is 1. The minimum Gasteiger partial charge on any atom is -0.349 e. The lowest BCUT2D eigenvalue weighted by atomic mass is 9.77. The molecule has 1 saturated heterocycles. The predicted octanol–water partition coefficient (Wildman–Crippen LogP) is 4.68. The van der Waals surface area contributed by atoms with E-state index in [2.05, 4.69) is 5.32 Å². The fraction of sp³-hybridized carbons (Fsp3) is 0.435. The van der Waals surface area contributed by atoms with E-state index in [1.807, 2.05) is 24.3 Å². The second-order valence-corrected chi connectivity index (χ2v) is 10.8. The Morgan fingerprint density at radius 1 is 1.03 bits per heavy atom. The third-order valence-corrected chi connectivity index (χ3v) is 8.65. The van der Waals surface area contributed by atoms with E-state index >= 15 is 0 Å². The molecular weight excluding hydrogens is 458 g/mol. The second kappa shape index (κ2) is 9.45. The fourth-order valence-electron chi connectivity index (χ4n) is 4.36. The second-order valence-electron chi connectivity index (χ2n) is 8.48. The van der Waals surface area contributed by atoms with Crippen LogP contribution in [0.5, 0.6) is 0 Å². The Hall–Kier alpha value is -2.03. The molecule has 0 aromatic heterocycles. The molecule has 2 aromatic carbocycles. The molecule has 1 atom stereocenters. The van der Waals surface area contributed by atoms with Crippen molar-refractivity contribution >= 4 is 27.5 Å². The first-order valence-electron chi connectivity index (χ1n) is 10.8. The van der Waals surface area contributed by atoms with E-state index in [9.17, 15) is 22.0 Å². The van der Waals surface area contributed by atoms with Crippen LogP contribution in [0.25, 0.3) is 0 Å². The van der Waals surface area contributed by atoms with Gasteiger partial charge in [-0.1, -0.05) is 30.2 Å². The van der Waals surface area contributed by atoms with Gasteiger partial charge in [0.05, 0.1) is 6.04 Å². The van der Waals surface area contributed by atoms with Gasteiger partial charge in [-0.05, 0) is 67.5 Å². The molecule has 2 aromatic rings. The minimum atomic E-state index is -4.17. The smallest absolute Gasteiger partial charge is 0.246 e. The standard InChI is InChI=1S/C23H25ClF2N2O3S/c24-18-6-4-16(5-7-18)22(15-2-1-3-15)27-23(29)17-10-12-28(13-11-17)32(30,31)21-14-19(25)8-9-20(21)26/h4-9,14-15,17,22H,1-3,10-13H2,(H,27,29). The Bertz CT molecular complexity index is 1080. The molecule has 1 saturated carbocycles. The molecule has 172 valence electrons. The van der Waals surface area contributed by atoms with Crippen LogP contribution in [0.4, 0.5) is 8.78 Å². The minimum absolute atomic E-state index is 0.0748. The first kappa shape index (κ1) is 23.1. The van der Waals surface area contributed by atoms with Crippen LogP contribution in [0, 0.1) is 23.5 Å². The van der Waals surface area contributed by atoms with Crippen LogP contribution in [0.2, 0.25) is 5.02 Å². The molecule has 1 heterocycles. The molecule has 5 nitrogen and oxygen atoms in total. The van der Waals surface area contributed by atoms with Gasteiger partial charge in [-0.3, -0.25) is 4.79 Å². The highest BCUT2D eigenvalue weighted by molar-refractivity contribution is 7.89. The van der Waals surface area contributed by atoms with E-state index in [1.54, 1.807) is 0 Å². The number of benzene rings is 2. The number of halogens is 3. The summed E-state index contributed by atoms with van der Waals surface area (Å²) < 4.78 is 54.2. The van der Waals surface area contributed by atoms with E-state index < -0.39 is 26.6 Å². The summed E-state index contributed by atoms with van der Waals surface area (Å²) in [5.74, 6) is -1.88. The van der Waals surface area contributed by atoms with Gasteiger partial charge in [0, 0.05) is 24.0 Å². The maximum absolute atomic E-state index is 14.0. The Morgan fingerprint density at radius 2 is 1.69 bits per heavy atom. The Morgan fingerprint density at radius 3 is 2.28 bits per heavy atom. The van der Waals surface area contributed by atoms with Crippen LogP contribution >= 0.6 is 11.6 Å². The summed E-state index contributed by atoms with van der Waals surface area (Å²) >= 11 is 6.00. The quantitative estimate of drug-likeness (QED) is 0.650. The highest BCUT2D eigenvalue weighted by Gasteiger charge is 2.36. The van der Waals surface area contributed by atoms with E-state index in [4.69, 9.17) is 11.6 Å². The van der Waals surface area contributed by atoms with Crippen molar-refractivity contribution in [1.82, 2.24) is 9.62 Å². The Labute approximate surface area is 191 Å². The molecule has 2 aliphatic rings. The topological polar surface area (TPSA) is 66.5 Å². The predicted molar refractivity (Wildman–Crippen MR) is 118 cm³/mol. The van der Waals surface area contributed by atoms with Gasteiger partial charge < -0.3 is 5.32 Å². The van der Waals surface area contributed by atoms with Gasteiger partial charge in [-0.15, -0.1) is 0 Å². The third kappa shape index (κ3) is 4.82. The summed E-state index contributed by atoms with van der Waals surface area (Å²) in [6.45, 7) is 0.150. The number of rotatable bonds is 6. The zero-order valence-corrected chi connectivity index (χ0v) is 19.0. The van der Waals surface area contributed by atoms with E-state index in [-0.39, 0.29) is 31.0 Å². The molecular formula is C23H25ClF2N2O3S. The number of hydrogen-bond donors (Lipinski definition) is 1. The summed E-state index contributed by atoms with van der Waals surface area (Å²) in [5.41, 5.74) is 1.01. The van der Waals surface area contributed by atoms with Crippen molar-refractivity contribution < 1.29 is 22.0 Å². The number of hydrogen-bond acceptors (Lipinski definition) is 3. The first-order valence-corrected chi connectivity index (χ1v) is 12.6. The highest BCUT2D eigenvalue weighted by atomic mass is 35.5. The van der Waals surface area contributed by atoms with Crippen molar-refractivity contribution in [3.05, 3.63) is 64.7 Å². The lowest BCUT2D eigenvalue weighted by molar-refractivity contribution is -0.127. The molecule has 4 rings (SSSR count). The third-order valence-electron chi connectivity index (χ3n) is 6.48.